The first-order chi connectivity index (χ1) is 14.2. The van der Waals surface area contributed by atoms with Crippen LogP contribution in [0.3, 0.4) is 0 Å². The van der Waals surface area contributed by atoms with Crippen molar-refractivity contribution in [3.05, 3.63) is 58.4 Å². The summed E-state index contributed by atoms with van der Waals surface area (Å²) in [7, 11) is 0. The summed E-state index contributed by atoms with van der Waals surface area (Å²) in [6.07, 6.45) is 7.11. The summed E-state index contributed by atoms with van der Waals surface area (Å²) in [4.78, 5) is 27.5. The van der Waals surface area contributed by atoms with Crippen LogP contribution in [0.15, 0.2) is 42.2 Å². The van der Waals surface area contributed by atoms with Crippen LogP contribution < -0.4 is 4.90 Å². The van der Waals surface area contributed by atoms with Crippen LogP contribution in [0.4, 0.5) is 5.69 Å². The van der Waals surface area contributed by atoms with E-state index in [1.54, 1.807) is 5.51 Å². The van der Waals surface area contributed by atoms with E-state index in [-0.39, 0.29) is 11.4 Å². The molecule has 7 heteroatoms. The van der Waals surface area contributed by atoms with Crippen molar-refractivity contribution >= 4 is 22.9 Å². The molecule has 2 aliphatic rings. The lowest BCUT2D eigenvalue weighted by molar-refractivity contribution is 0.0786. The fraction of sp³-hybridized carbons (Fsp3) is 0.409. The minimum Gasteiger partial charge on any atom is -0.355 e. The number of carbonyl (C=O) groups excluding carboxylic acids is 1. The molecule has 0 saturated carbocycles. The molecule has 1 amide bonds. The summed E-state index contributed by atoms with van der Waals surface area (Å²) in [6.45, 7) is 6.53. The van der Waals surface area contributed by atoms with E-state index >= 15 is 0 Å². The molecular weight excluding hydrogens is 382 g/mol. The molecule has 0 aliphatic carbocycles. The van der Waals surface area contributed by atoms with Crippen LogP contribution in [0.1, 0.15) is 47.2 Å². The van der Waals surface area contributed by atoms with E-state index in [2.05, 4.69) is 50.8 Å². The van der Waals surface area contributed by atoms with Crippen LogP contribution in [-0.4, -0.2) is 45.0 Å². The van der Waals surface area contributed by atoms with E-state index in [1.165, 1.54) is 17.0 Å². The SMILES string of the molecule is CCCCN1c2cccnc2-n2cccc2[C@@]12CCN(C(=O)c1scnc1C)C2. The van der Waals surface area contributed by atoms with Gasteiger partial charge in [-0.1, -0.05) is 13.3 Å². The minimum absolute atomic E-state index is 0.104. The minimum atomic E-state index is -0.219. The number of likely N-dealkylation sites (tertiary alicyclic amines) is 1. The van der Waals surface area contributed by atoms with Crippen LogP contribution in [-0.2, 0) is 5.54 Å². The Morgan fingerprint density at radius 2 is 2.17 bits per heavy atom. The van der Waals surface area contributed by atoms with Gasteiger partial charge < -0.3 is 14.4 Å². The summed E-state index contributed by atoms with van der Waals surface area (Å²) in [6, 6.07) is 8.47. The van der Waals surface area contributed by atoms with Crippen LogP contribution >= 0.6 is 11.3 Å². The van der Waals surface area contributed by atoms with Crippen LogP contribution in [0.5, 0.6) is 0 Å². The number of unbranched alkanes of at least 4 members (excludes halogenated alkanes) is 1. The molecule has 1 fully saturated rings. The lowest BCUT2D eigenvalue weighted by Crippen LogP contribution is -2.53. The summed E-state index contributed by atoms with van der Waals surface area (Å²) in [5.41, 5.74) is 4.76. The molecule has 150 valence electrons. The monoisotopic (exact) mass is 407 g/mol. The average molecular weight is 408 g/mol. The Kier molecular flexibility index (Phi) is 4.42. The number of aryl methyl sites for hydroxylation is 1. The largest absolute Gasteiger partial charge is 0.355 e. The Morgan fingerprint density at radius 1 is 1.28 bits per heavy atom. The third-order valence-corrected chi connectivity index (χ3v) is 7.15. The highest BCUT2D eigenvalue weighted by molar-refractivity contribution is 7.11. The third kappa shape index (κ3) is 2.71. The highest BCUT2D eigenvalue weighted by Gasteiger charge is 2.50. The van der Waals surface area contributed by atoms with Gasteiger partial charge in [0, 0.05) is 32.0 Å². The fourth-order valence-electron chi connectivity index (χ4n) is 4.80. The maximum absolute atomic E-state index is 13.2. The normalized spacial score (nSPS) is 20.2. The number of hydrogen-bond acceptors (Lipinski definition) is 5. The molecule has 5 rings (SSSR count). The molecule has 3 aromatic rings. The van der Waals surface area contributed by atoms with Crippen molar-refractivity contribution in [2.45, 2.75) is 38.6 Å². The van der Waals surface area contributed by atoms with E-state index in [0.717, 1.165) is 54.4 Å². The van der Waals surface area contributed by atoms with Crippen molar-refractivity contribution in [3.63, 3.8) is 0 Å². The highest BCUT2D eigenvalue weighted by Crippen LogP contribution is 2.47. The number of rotatable bonds is 4. The Bertz CT molecular complexity index is 1060. The smallest absolute Gasteiger partial charge is 0.265 e. The van der Waals surface area contributed by atoms with Crippen molar-refractivity contribution in [1.29, 1.82) is 0 Å². The Balaban J connectivity index is 1.58. The number of fused-ring (bicyclic) bond motifs is 4. The Labute approximate surface area is 174 Å². The molecule has 0 bridgehead atoms. The molecule has 1 saturated heterocycles. The van der Waals surface area contributed by atoms with Crippen LogP contribution in [0, 0.1) is 6.92 Å². The maximum Gasteiger partial charge on any atom is 0.265 e. The number of aromatic nitrogens is 3. The molecule has 0 unspecified atom stereocenters. The van der Waals surface area contributed by atoms with Gasteiger partial charge in [-0.15, -0.1) is 11.3 Å². The third-order valence-electron chi connectivity index (χ3n) is 6.24. The topological polar surface area (TPSA) is 54.3 Å². The fourth-order valence-corrected chi connectivity index (χ4v) is 5.57. The maximum atomic E-state index is 13.2. The van der Waals surface area contributed by atoms with E-state index in [4.69, 9.17) is 0 Å². The van der Waals surface area contributed by atoms with Gasteiger partial charge >= 0.3 is 0 Å². The van der Waals surface area contributed by atoms with Gasteiger partial charge in [0.05, 0.1) is 22.6 Å². The summed E-state index contributed by atoms with van der Waals surface area (Å²) < 4.78 is 2.21. The zero-order chi connectivity index (χ0) is 20.0. The van der Waals surface area contributed by atoms with Gasteiger partial charge in [-0.05, 0) is 44.0 Å². The number of pyridine rings is 1. The highest BCUT2D eigenvalue weighted by atomic mass is 32.1. The predicted molar refractivity (Wildman–Crippen MR) is 115 cm³/mol. The molecule has 0 aromatic carbocycles. The molecule has 3 aromatic heterocycles. The van der Waals surface area contributed by atoms with Gasteiger partial charge in [-0.2, -0.15) is 0 Å². The molecule has 1 atom stereocenters. The second kappa shape index (κ2) is 6.99. The first kappa shape index (κ1) is 18.4. The van der Waals surface area contributed by atoms with Crippen molar-refractivity contribution in [2.75, 3.05) is 24.5 Å². The van der Waals surface area contributed by atoms with Gasteiger partial charge in [-0.3, -0.25) is 4.79 Å². The molecule has 2 aliphatic heterocycles. The van der Waals surface area contributed by atoms with Crippen molar-refractivity contribution < 1.29 is 4.79 Å². The number of carbonyl (C=O) groups is 1. The first-order valence-electron chi connectivity index (χ1n) is 10.3. The number of hydrogen-bond donors (Lipinski definition) is 0. The number of nitrogens with zero attached hydrogens (tertiary/aromatic N) is 5. The molecule has 6 nitrogen and oxygen atoms in total. The Morgan fingerprint density at radius 3 is 2.97 bits per heavy atom. The zero-order valence-corrected chi connectivity index (χ0v) is 17.7. The van der Waals surface area contributed by atoms with Gasteiger partial charge in [0.25, 0.3) is 5.91 Å². The van der Waals surface area contributed by atoms with Gasteiger partial charge in [0.1, 0.15) is 10.4 Å². The molecule has 1 spiro atoms. The molecule has 29 heavy (non-hydrogen) atoms. The first-order valence-corrected chi connectivity index (χ1v) is 11.1. The van der Waals surface area contributed by atoms with Crippen LogP contribution in [0.25, 0.3) is 5.82 Å². The second-order valence-corrected chi connectivity index (χ2v) is 8.74. The molecule has 0 N–H and O–H groups in total. The lowest BCUT2D eigenvalue weighted by atomic mass is 9.88. The predicted octanol–water partition coefficient (Wildman–Crippen LogP) is 4.00. The van der Waals surface area contributed by atoms with E-state index < -0.39 is 0 Å². The van der Waals surface area contributed by atoms with Gasteiger partial charge in [-0.25, -0.2) is 9.97 Å². The second-order valence-electron chi connectivity index (χ2n) is 7.89. The molecule has 5 heterocycles. The van der Waals surface area contributed by atoms with E-state index in [0.29, 0.717) is 6.54 Å². The quantitative estimate of drug-likeness (QED) is 0.656. The number of anilines is 1. The number of amides is 1. The van der Waals surface area contributed by atoms with Gasteiger partial charge in [0.15, 0.2) is 5.82 Å². The standard InChI is InChI=1S/C22H25N5OS/c1-3-4-12-27-17-7-5-10-23-20(17)26-11-6-8-18(26)22(27)9-13-25(14-22)21(28)19-16(2)24-15-29-19/h5-8,10-11,15H,3-4,9,12-14H2,1-2H3/t22-/m0/s1. The van der Waals surface area contributed by atoms with E-state index in [9.17, 15) is 4.79 Å². The number of thiazole rings is 1. The molecule has 0 radical (unpaired) electrons. The van der Waals surface area contributed by atoms with Crippen molar-refractivity contribution in [3.8, 4) is 5.82 Å². The molecular formula is C22H25N5OS. The van der Waals surface area contributed by atoms with Crippen molar-refractivity contribution in [1.82, 2.24) is 19.4 Å². The Hall–Kier alpha value is -2.67. The van der Waals surface area contributed by atoms with E-state index in [1.807, 2.05) is 24.1 Å². The summed E-state index contributed by atoms with van der Waals surface area (Å²) in [5, 5.41) is 0. The lowest BCUT2D eigenvalue weighted by Gasteiger charge is -2.47. The average Bonchev–Trinajstić information content (AvgIpc) is 3.48. The summed E-state index contributed by atoms with van der Waals surface area (Å²) in [5.74, 6) is 1.09. The van der Waals surface area contributed by atoms with Crippen molar-refractivity contribution in [2.24, 2.45) is 0 Å². The summed E-state index contributed by atoms with van der Waals surface area (Å²) >= 11 is 1.44. The van der Waals surface area contributed by atoms with Crippen LogP contribution in [0.2, 0.25) is 0 Å². The zero-order valence-electron chi connectivity index (χ0n) is 16.8. The van der Waals surface area contributed by atoms with Gasteiger partial charge in [0.2, 0.25) is 0 Å².